The van der Waals surface area contributed by atoms with E-state index in [0.717, 1.165) is 54.2 Å². The van der Waals surface area contributed by atoms with Crippen LogP contribution in [0.15, 0.2) is 54.7 Å². The molecule has 7 nitrogen and oxygen atoms in total. The lowest BCUT2D eigenvalue weighted by atomic mass is 10.2. The maximum absolute atomic E-state index is 12.7. The van der Waals surface area contributed by atoms with Gasteiger partial charge in [-0.05, 0) is 30.7 Å². The van der Waals surface area contributed by atoms with Crippen molar-refractivity contribution < 1.29 is 8.42 Å². The summed E-state index contributed by atoms with van der Waals surface area (Å²) in [6, 6.07) is 15.3. The number of nitrogens with one attached hydrogen (secondary N) is 1. The third kappa shape index (κ3) is 4.95. The van der Waals surface area contributed by atoms with Crippen molar-refractivity contribution in [3.05, 3.63) is 66.0 Å². The normalized spacial score (nSPS) is 16.0. The Morgan fingerprint density at radius 1 is 1.00 bits per heavy atom. The van der Waals surface area contributed by atoms with E-state index in [2.05, 4.69) is 20.2 Å². The van der Waals surface area contributed by atoms with Crippen LogP contribution in [0.4, 0.5) is 5.82 Å². The van der Waals surface area contributed by atoms with Crippen molar-refractivity contribution in [3.63, 3.8) is 0 Å². The Bertz CT molecular complexity index is 1100. The van der Waals surface area contributed by atoms with Crippen LogP contribution in [0.2, 0.25) is 0 Å². The Hall–Kier alpha value is -2.55. The van der Waals surface area contributed by atoms with Gasteiger partial charge >= 0.3 is 0 Å². The predicted octanol–water partition coefficient (Wildman–Crippen LogP) is 2.50. The van der Waals surface area contributed by atoms with Crippen LogP contribution in [0, 0.1) is 6.92 Å². The molecule has 0 bridgehead atoms. The first-order chi connectivity index (χ1) is 14.5. The summed E-state index contributed by atoms with van der Waals surface area (Å²) in [6.45, 7) is 6.15. The van der Waals surface area contributed by atoms with Crippen molar-refractivity contribution in [2.75, 3.05) is 44.6 Å². The van der Waals surface area contributed by atoms with E-state index in [1.165, 1.54) is 0 Å². The number of hydrogen-bond acceptors (Lipinski definition) is 6. The first kappa shape index (κ1) is 20.7. The van der Waals surface area contributed by atoms with Crippen LogP contribution in [0.5, 0.6) is 0 Å². The molecule has 4 rings (SSSR count). The molecule has 1 aliphatic rings. The molecule has 0 amide bonds. The lowest BCUT2D eigenvalue weighted by Gasteiger charge is -2.34. The molecule has 1 saturated heterocycles. The minimum absolute atomic E-state index is 0.0675. The average Bonchev–Trinajstić information content (AvgIpc) is 2.75. The molecule has 158 valence electrons. The zero-order valence-electron chi connectivity index (χ0n) is 17.2. The minimum atomic E-state index is -3.27. The van der Waals surface area contributed by atoms with E-state index < -0.39 is 10.0 Å². The lowest BCUT2D eigenvalue weighted by Crippen LogP contribution is -2.49. The van der Waals surface area contributed by atoms with Crippen LogP contribution >= 0.6 is 0 Å². The van der Waals surface area contributed by atoms with Gasteiger partial charge in [-0.3, -0.25) is 9.88 Å². The molecule has 0 spiro atoms. The number of nitrogens with zero attached hydrogens (tertiary/aromatic N) is 4. The third-order valence-corrected chi connectivity index (χ3v) is 7.32. The highest BCUT2D eigenvalue weighted by atomic mass is 32.2. The van der Waals surface area contributed by atoms with Crippen LogP contribution in [0.25, 0.3) is 10.9 Å². The Morgan fingerprint density at radius 2 is 1.77 bits per heavy atom. The van der Waals surface area contributed by atoms with E-state index in [9.17, 15) is 8.42 Å². The number of aryl methyl sites for hydroxylation is 1. The molecule has 0 aliphatic carbocycles. The second-order valence-corrected chi connectivity index (χ2v) is 9.54. The smallest absolute Gasteiger partial charge is 0.218 e. The van der Waals surface area contributed by atoms with Gasteiger partial charge in [0.25, 0.3) is 0 Å². The second kappa shape index (κ2) is 9.07. The van der Waals surface area contributed by atoms with Crippen molar-refractivity contribution >= 4 is 26.7 Å². The summed E-state index contributed by atoms with van der Waals surface area (Å²) >= 11 is 0. The quantitative estimate of drug-likeness (QED) is 0.627. The summed E-state index contributed by atoms with van der Waals surface area (Å²) in [5.74, 6) is 0.912. The highest BCUT2D eigenvalue weighted by Gasteiger charge is 2.26. The molecule has 3 aromatic rings. The van der Waals surface area contributed by atoms with Crippen LogP contribution in [0.1, 0.15) is 11.3 Å². The lowest BCUT2D eigenvalue weighted by molar-refractivity contribution is 0.194. The van der Waals surface area contributed by atoms with Gasteiger partial charge in [0.2, 0.25) is 10.0 Å². The largest absolute Gasteiger partial charge is 0.369 e. The van der Waals surface area contributed by atoms with Crippen LogP contribution in [-0.2, 0) is 15.8 Å². The van der Waals surface area contributed by atoms with Crippen LogP contribution < -0.4 is 5.32 Å². The Kier molecular flexibility index (Phi) is 6.26. The van der Waals surface area contributed by atoms with Crippen molar-refractivity contribution in [1.29, 1.82) is 0 Å². The van der Waals surface area contributed by atoms with Gasteiger partial charge in [0.1, 0.15) is 5.82 Å². The summed E-state index contributed by atoms with van der Waals surface area (Å²) in [7, 11) is -3.27. The van der Waals surface area contributed by atoms with Crippen molar-refractivity contribution in [2.45, 2.75) is 12.7 Å². The number of anilines is 1. The van der Waals surface area contributed by atoms with Crippen molar-refractivity contribution in [3.8, 4) is 0 Å². The maximum Gasteiger partial charge on any atom is 0.218 e. The SMILES string of the molecule is Cc1nccc2nc(NCCN3CCN(S(=O)(=O)Cc4ccccc4)CC3)ccc12. The van der Waals surface area contributed by atoms with Gasteiger partial charge < -0.3 is 5.32 Å². The molecule has 30 heavy (non-hydrogen) atoms. The molecule has 1 aromatic carbocycles. The molecule has 0 unspecified atom stereocenters. The molecule has 0 atom stereocenters. The number of piperazine rings is 1. The first-order valence-electron chi connectivity index (χ1n) is 10.2. The number of pyridine rings is 2. The molecule has 1 aliphatic heterocycles. The van der Waals surface area contributed by atoms with Crippen molar-refractivity contribution in [2.24, 2.45) is 0 Å². The fraction of sp³-hybridized carbons (Fsp3) is 0.364. The summed E-state index contributed by atoms with van der Waals surface area (Å²) in [5.41, 5.74) is 2.74. The predicted molar refractivity (Wildman–Crippen MR) is 120 cm³/mol. The van der Waals surface area contributed by atoms with Gasteiger partial charge in [-0.1, -0.05) is 30.3 Å². The van der Waals surface area contributed by atoms with E-state index in [0.29, 0.717) is 13.1 Å². The molecule has 8 heteroatoms. The van der Waals surface area contributed by atoms with Gasteiger partial charge in [0.05, 0.1) is 11.3 Å². The third-order valence-electron chi connectivity index (χ3n) is 5.47. The van der Waals surface area contributed by atoms with Gasteiger partial charge in [0, 0.05) is 56.5 Å². The highest BCUT2D eigenvalue weighted by Crippen LogP contribution is 2.17. The molecular weight excluding hydrogens is 398 g/mol. The standard InChI is InChI=1S/C22H27N5O2S/c1-18-20-7-8-22(25-21(20)9-10-23-18)24-11-12-26-13-15-27(16-14-26)30(28,29)17-19-5-3-2-4-6-19/h2-10H,11-17H2,1H3,(H,24,25). The fourth-order valence-corrected chi connectivity index (χ4v) is 5.26. The van der Waals surface area contributed by atoms with E-state index in [1.54, 1.807) is 10.5 Å². The first-order valence-corrected chi connectivity index (χ1v) is 11.8. The van der Waals surface area contributed by atoms with Crippen molar-refractivity contribution in [1.82, 2.24) is 19.2 Å². The number of fused-ring (bicyclic) bond motifs is 1. The minimum Gasteiger partial charge on any atom is -0.369 e. The Morgan fingerprint density at radius 3 is 2.53 bits per heavy atom. The highest BCUT2D eigenvalue weighted by molar-refractivity contribution is 7.88. The van der Waals surface area contributed by atoms with Gasteiger partial charge in [-0.15, -0.1) is 0 Å². The molecule has 0 saturated carbocycles. The molecule has 0 radical (unpaired) electrons. The number of hydrogen-bond donors (Lipinski definition) is 1. The summed E-state index contributed by atoms with van der Waals surface area (Å²) in [5, 5.41) is 4.44. The fourth-order valence-electron chi connectivity index (χ4n) is 3.75. The van der Waals surface area contributed by atoms with Gasteiger partial charge in [0.15, 0.2) is 0 Å². The van der Waals surface area contributed by atoms with E-state index >= 15 is 0 Å². The molecule has 1 fully saturated rings. The second-order valence-electron chi connectivity index (χ2n) is 7.57. The van der Waals surface area contributed by atoms with Crippen LogP contribution in [0.3, 0.4) is 0 Å². The molecule has 3 heterocycles. The maximum atomic E-state index is 12.7. The summed E-state index contributed by atoms with van der Waals surface area (Å²) < 4.78 is 27.0. The number of aromatic nitrogens is 2. The monoisotopic (exact) mass is 425 g/mol. The van der Waals surface area contributed by atoms with E-state index in [4.69, 9.17) is 0 Å². The number of rotatable bonds is 7. The number of sulfonamides is 1. The Labute approximate surface area is 177 Å². The summed E-state index contributed by atoms with van der Waals surface area (Å²) in [4.78, 5) is 11.2. The molecule has 2 aromatic heterocycles. The molecule has 1 N–H and O–H groups in total. The van der Waals surface area contributed by atoms with E-state index in [1.807, 2.05) is 55.5 Å². The molecular formula is C22H27N5O2S. The average molecular weight is 426 g/mol. The van der Waals surface area contributed by atoms with Crippen LogP contribution in [-0.4, -0.2) is 66.9 Å². The van der Waals surface area contributed by atoms with E-state index in [-0.39, 0.29) is 5.75 Å². The number of benzene rings is 1. The van der Waals surface area contributed by atoms with Gasteiger partial charge in [-0.2, -0.15) is 4.31 Å². The zero-order chi connectivity index (χ0) is 21.0. The summed E-state index contributed by atoms with van der Waals surface area (Å²) in [6.07, 6.45) is 1.78. The van der Waals surface area contributed by atoms with Gasteiger partial charge in [-0.25, -0.2) is 13.4 Å². The zero-order valence-corrected chi connectivity index (χ0v) is 18.0. The topological polar surface area (TPSA) is 78.4 Å². The Balaban J connectivity index is 1.25.